The molecule has 2 N–H and O–H groups in total. The molecule has 0 aliphatic heterocycles. The number of nitrogens with one attached hydrogen (secondary N) is 2. The molecule has 1 amide bonds. The lowest BCUT2D eigenvalue weighted by molar-refractivity contribution is -0.116. The molecular formula is C13H14N8O. The van der Waals surface area contributed by atoms with Gasteiger partial charge in [0.1, 0.15) is 18.3 Å². The zero-order chi connectivity index (χ0) is 15.2. The van der Waals surface area contributed by atoms with E-state index < -0.39 is 0 Å². The van der Waals surface area contributed by atoms with E-state index in [2.05, 4.69) is 35.6 Å². The number of H-pyrrole nitrogens is 1. The number of carbonyl (C=O) groups excluding carboxylic acids is 1. The normalized spacial score (nSPS) is 10.5. The second-order valence-electron chi connectivity index (χ2n) is 4.53. The topological polar surface area (TPSA) is 114 Å². The van der Waals surface area contributed by atoms with E-state index in [9.17, 15) is 4.79 Å². The SMILES string of the molecule is O=C(CCCn1cncn1)Nc1n[nH]c(-c2ccccn2)n1. The highest BCUT2D eigenvalue weighted by molar-refractivity contribution is 5.88. The summed E-state index contributed by atoms with van der Waals surface area (Å²) in [4.78, 5) is 24.0. The number of hydrogen-bond donors (Lipinski definition) is 2. The maximum Gasteiger partial charge on any atom is 0.249 e. The maximum atomic E-state index is 11.8. The van der Waals surface area contributed by atoms with Gasteiger partial charge in [0.2, 0.25) is 11.9 Å². The lowest BCUT2D eigenvalue weighted by Crippen LogP contribution is -2.13. The molecule has 0 spiro atoms. The first-order valence-corrected chi connectivity index (χ1v) is 6.77. The number of aryl methyl sites for hydroxylation is 1. The Bertz CT molecular complexity index is 722. The second kappa shape index (κ2) is 6.57. The van der Waals surface area contributed by atoms with Gasteiger partial charge in [-0.15, -0.1) is 5.10 Å². The number of aromatic amines is 1. The van der Waals surface area contributed by atoms with Crippen LogP contribution in [0, 0.1) is 0 Å². The monoisotopic (exact) mass is 298 g/mol. The summed E-state index contributed by atoms with van der Waals surface area (Å²) in [5.74, 6) is 0.608. The molecule has 0 saturated carbocycles. The van der Waals surface area contributed by atoms with Crippen molar-refractivity contribution in [1.82, 2.24) is 34.9 Å². The van der Waals surface area contributed by atoms with Crippen LogP contribution >= 0.6 is 0 Å². The van der Waals surface area contributed by atoms with Gasteiger partial charge in [-0.1, -0.05) is 6.07 Å². The van der Waals surface area contributed by atoms with Crippen LogP contribution in [-0.4, -0.2) is 40.8 Å². The molecule has 0 unspecified atom stereocenters. The van der Waals surface area contributed by atoms with Gasteiger partial charge in [-0.25, -0.2) is 4.98 Å². The Morgan fingerprint density at radius 2 is 2.32 bits per heavy atom. The molecule has 0 atom stereocenters. The van der Waals surface area contributed by atoms with Crippen LogP contribution in [0.5, 0.6) is 0 Å². The van der Waals surface area contributed by atoms with Crippen molar-refractivity contribution in [3.63, 3.8) is 0 Å². The zero-order valence-electron chi connectivity index (χ0n) is 11.7. The average Bonchev–Trinajstić information content (AvgIpc) is 3.20. The number of rotatable bonds is 6. The van der Waals surface area contributed by atoms with E-state index in [1.54, 1.807) is 17.2 Å². The van der Waals surface area contributed by atoms with E-state index >= 15 is 0 Å². The van der Waals surface area contributed by atoms with Crippen molar-refractivity contribution >= 4 is 11.9 Å². The molecule has 0 aromatic carbocycles. The predicted molar refractivity (Wildman–Crippen MR) is 77.5 cm³/mol. The summed E-state index contributed by atoms with van der Waals surface area (Å²) in [6, 6.07) is 5.48. The van der Waals surface area contributed by atoms with Gasteiger partial charge in [0.05, 0.1) is 0 Å². The van der Waals surface area contributed by atoms with Gasteiger partial charge in [0.25, 0.3) is 0 Å². The van der Waals surface area contributed by atoms with Crippen molar-refractivity contribution < 1.29 is 4.79 Å². The van der Waals surface area contributed by atoms with Gasteiger partial charge in [0.15, 0.2) is 5.82 Å². The maximum absolute atomic E-state index is 11.8. The Morgan fingerprint density at radius 3 is 3.09 bits per heavy atom. The molecule has 3 aromatic heterocycles. The molecular weight excluding hydrogens is 284 g/mol. The minimum Gasteiger partial charge on any atom is -0.293 e. The number of hydrogen-bond acceptors (Lipinski definition) is 6. The molecule has 3 heterocycles. The largest absolute Gasteiger partial charge is 0.293 e. The Hall–Kier alpha value is -3.10. The highest BCUT2D eigenvalue weighted by atomic mass is 16.1. The third kappa shape index (κ3) is 3.51. The summed E-state index contributed by atoms with van der Waals surface area (Å²) in [5, 5.41) is 13.3. The molecule has 0 fully saturated rings. The summed E-state index contributed by atoms with van der Waals surface area (Å²) >= 11 is 0. The summed E-state index contributed by atoms with van der Waals surface area (Å²) in [6.07, 6.45) is 5.76. The first kappa shape index (κ1) is 13.9. The summed E-state index contributed by atoms with van der Waals surface area (Å²) in [6.45, 7) is 0.639. The van der Waals surface area contributed by atoms with E-state index in [-0.39, 0.29) is 11.9 Å². The van der Waals surface area contributed by atoms with E-state index in [0.717, 1.165) is 0 Å². The summed E-state index contributed by atoms with van der Waals surface area (Å²) < 4.78 is 1.68. The Balaban J connectivity index is 1.50. The van der Waals surface area contributed by atoms with Gasteiger partial charge < -0.3 is 0 Å². The van der Waals surface area contributed by atoms with Crippen LogP contribution in [0.1, 0.15) is 12.8 Å². The van der Waals surface area contributed by atoms with Crippen molar-refractivity contribution in [2.75, 3.05) is 5.32 Å². The first-order valence-electron chi connectivity index (χ1n) is 6.77. The van der Waals surface area contributed by atoms with E-state index in [1.165, 1.54) is 6.33 Å². The van der Waals surface area contributed by atoms with Crippen LogP contribution in [0.15, 0.2) is 37.1 Å². The van der Waals surface area contributed by atoms with Crippen molar-refractivity contribution in [2.45, 2.75) is 19.4 Å². The van der Waals surface area contributed by atoms with Crippen LogP contribution in [-0.2, 0) is 11.3 Å². The van der Waals surface area contributed by atoms with Crippen LogP contribution in [0.25, 0.3) is 11.5 Å². The number of carbonyl (C=O) groups is 1. The van der Waals surface area contributed by atoms with Crippen LogP contribution in [0.4, 0.5) is 5.95 Å². The fourth-order valence-corrected chi connectivity index (χ4v) is 1.87. The lowest BCUT2D eigenvalue weighted by Gasteiger charge is -2.01. The quantitative estimate of drug-likeness (QED) is 0.698. The van der Waals surface area contributed by atoms with Crippen LogP contribution in [0.2, 0.25) is 0 Å². The number of aromatic nitrogens is 7. The Kier molecular flexibility index (Phi) is 4.14. The Labute approximate surface area is 125 Å². The highest BCUT2D eigenvalue weighted by Crippen LogP contribution is 2.12. The molecule has 0 aliphatic rings. The summed E-state index contributed by atoms with van der Waals surface area (Å²) in [7, 11) is 0. The van der Waals surface area contributed by atoms with Gasteiger partial charge in [-0.3, -0.25) is 24.9 Å². The minimum absolute atomic E-state index is 0.147. The zero-order valence-corrected chi connectivity index (χ0v) is 11.7. The van der Waals surface area contributed by atoms with Crippen molar-refractivity contribution in [1.29, 1.82) is 0 Å². The van der Waals surface area contributed by atoms with E-state index in [0.29, 0.717) is 30.9 Å². The fraction of sp³-hybridized carbons (Fsp3) is 0.231. The molecule has 9 heteroatoms. The van der Waals surface area contributed by atoms with Crippen molar-refractivity contribution in [2.24, 2.45) is 0 Å². The average molecular weight is 298 g/mol. The molecule has 22 heavy (non-hydrogen) atoms. The molecule has 3 rings (SSSR count). The first-order chi connectivity index (χ1) is 10.8. The fourth-order valence-electron chi connectivity index (χ4n) is 1.87. The number of nitrogens with zero attached hydrogens (tertiary/aromatic N) is 6. The summed E-state index contributed by atoms with van der Waals surface area (Å²) in [5.41, 5.74) is 0.668. The molecule has 0 bridgehead atoms. The molecule has 112 valence electrons. The lowest BCUT2D eigenvalue weighted by atomic mass is 10.3. The van der Waals surface area contributed by atoms with Gasteiger partial charge in [0, 0.05) is 19.2 Å². The van der Waals surface area contributed by atoms with Gasteiger partial charge >= 0.3 is 0 Å². The third-order valence-corrected chi connectivity index (χ3v) is 2.90. The standard InChI is InChI=1S/C13H14N8O/c22-11(5-3-7-21-9-14-8-16-21)17-13-18-12(19-20-13)10-4-1-2-6-15-10/h1-2,4,6,8-9H,3,5,7H2,(H2,17,18,19,20,22). The second-order valence-corrected chi connectivity index (χ2v) is 4.53. The van der Waals surface area contributed by atoms with Crippen LogP contribution < -0.4 is 5.32 Å². The predicted octanol–water partition coefficient (Wildman–Crippen LogP) is 0.877. The smallest absolute Gasteiger partial charge is 0.249 e. The van der Waals surface area contributed by atoms with Crippen molar-refractivity contribution in [3.8, 4) is 11.5 Å². The Morgan fingerprint density at radius 1 is 1.36 bits per heavy atom. The minimum atomic E-state index is -0.147. The van der Waals surface area contributed by atoms with E-state index in [1.807, 2.05) is 18.2 Å². The molecule has 0 radical (unpaired) electrons. The number of anilines is 1. The molecule has 0 saturated heterocycles. The highest BCUT2D eigenvalue weighted by Gasteiger charge is 2.09. The molecule has 9 nitrogen and oxygen atoms in total. The molecule has 3 aromatic rings. The van der Waals surface area contributed by atoms with Gasteiger partial charge in [-0.05, 0) is 18.6 Å². The van der Waals surface area contributed by atoms with Gasteiger partial charge in [-0.2, -0.15) is 10.1 Å². The van der Waals surface area contributed by atoms with E-state index in [4.69, 9.17) is 0 Å². The van der Waals surface area contributed by atoms with Crippen molar-refractivity contribution in [3.05, 3.63) is 37.1 Å². The number of amides is 1. The number of pyridine rings is 1. The molecule has 0 aliphatic carbocycles. The third-order valence-electron chi connectivity index (χ3n) is 2.90. The van der Waals surface area contributed by atoms with Crippen LogP contribution in [0.3, 0.4) is 0 Å².